The first-order valence-corrected chi connectivity index (χ1v) is 28.2. The predicted octanol–water partition coefficient (Wildman–Crippen LogP) is 14.6. The molecule has 13 heteroatoms. The highest BCUT2D eigenvalue weighted by atomic mass is 16.5. The van der Waals surface area contributed by atoms with Crippen molar-refractivity contribution in [3.8, 4) is 17.5 Å². The van der Waals surface area contributed by atoms with E-state index in [1.54, 1.807) is 42.5 Å². The first kappa shape index (κ1) is 60.4. The number of unbranched alkanes of at least 4 members (excludes halogenated alkanes) is 19. The van der Waals surface area contributed by atoms with Crippen molar-refractivity contribution in [2.24, 2.45) is 0 Å². The number of phenols is 1. The molecule has 406 valence electrons. The summed E-state index contributed by atoms with van der Waals surface area (Å²) in [4.78, 5) is 41.0. The van der Waals surface area contributed by atoms with Gasteiger partial charge in [0.1, 0.15) is 40.7 Å². The number of hydrogen-bond acceptors (Lipinski definition) is 9. The number of ether oxygens (including phenoxy) is 3. The lowest BCUT2D eigenvalue weighted by molar-refractivity contribution is -0.117. The molecule has 13 nitrogen and oxygen atoms in total. The number of nitrogens with zero attached hydrogens (tertiary/aromatic N) is 5. The second kappa shape index (κ2) is 33.6. The maximum Gasteiger partial charge on any atom is 0.339 e. The number of likely N-dealkylation sites (N-methyl/N-ethyl adjacent to an activating group) is 1. The van der Waals surface area contributed by atoms with Gasteiger partial charge >= 0.3 is 11.9 Å². The standard InChI is InChI=1S/C24H41N3O2.C24H38O4.C13H11N3O/c1-5-7-8-9-10-11-12-13-14-15-18-26-23(28)21(19-25)16-17-22-27(6-2)24(3,4)20-29-22;1-3-5-7-9-11-15-19-27-23(25)21-17-13-14-18-22(21)24(26)28-20-16-12-10-8-6-4-2;1-9-6-7-13(17)12(8-9)16-14-10-4-2-3-5-11(10)15(14)16/h16-17H,5-15,18,20H2,1-4H3,(H,26,28);13-14,17-18H,3-12,15-16,19-20H2,1-2H3;2-8,17H,1H3. The number of phenolic OH excluding ortho intramolecular Hbond substituents is 1. The van der Waals surface area contributed by atoms with Crippen LogP contribution in [0.15, 0.2) is 90.3 Å². The summed E-state index contributed by atoms with van der Waals surface area (Å²) in [7, 11) is 0. The third-order valence-electron chi connectivity index (χ3n) is 13.5. The highest BCUT2D eigenvalue weighted by Gasteiger charge is 2.35. The minimum absolute atomic E-state index is 0.0704. The van der Waals surface area contributed by atoms with Crippen molar-refractivity contribution in [2.75, 3.05) is 32.9 Å². The zero-order valence-electron chi connectivity index (χ0n) is 46.2. The van der Waals surface area contributed by atoms with E-state index >= 15 is 0 Å². The van der Waals surface area contributed by atoms with Crippen LogP contribution >= 0.6 is 0 Å². The monoisotopic (exact) mass is 1020 g/mol. The summed E-state index contributed by atoms with van der Waals surface area (Å²) in [6.07, 6.45) is 29.6. The number of allylic oxidation sites excluding steroid dienone is 2. The summed E-state index contributed by atoms with van der Waals surface area (Å²) in [6, 6.07) is 22.5. The molecule has 0 saturated carbocycles. The van der Waals surface area contributed by atoms with Gasteiger partial charge in [0.05, 0.1) is 29.9 Å². The van der Waals surface area contributed by atoms with Gasteiger partial charge in [-0.1, -0.05) is 173 Å². The van der Waals surface area contributed by atoms with E-state index in [-0.39, 0.29) is 17.0 Å². The average molecular weight is 1020 g/mol. The van der Waals surface area contributed by atoms with Crippen molar-refractivity contribution in [1.29, 1.82) is 5.26 Å². The Balaban J connectivity index is 0.000000247. The number of aromatic nitrogens is 3. The maximum absolute atomic E-state index is 12.4. The quantitative estimate of drug-likeness (QED) is 0.0191. The van der Waals surface area contributed by atoms with E-state index in [0.717, 1.165) is 56.3 Å². The van der Waals surface area contributed by atoms with Gasteiger partial charge in [0, 0.05) is 13.1 Å². The van der Waals surface area contributed by atoms with Gasteiger partial charge in [-0.05, 0) is 101 Å². The molecule has 0 aliphatic carbocycles. The first-order valence-electron chi connectivity index (χ1n) is 28.2. The molecule has 3 aromatic carbocycles. The Hall–Kier alpha value is -6.16. The molecular formula is C61H90N6O7. The van der Waals surface area contributed by atoms with Gasteiger partial charge in [-0.3, -0.25) is 4.79 Å². The van der Waals surface area contributed by atoms with Crippen LogP contribution in [0, 0.1) is 18.3 Å². The van der Waals surface area contributed by atoms with Gasteiger partial charge in [0.15, 0.2) is 5.88 Å². The van der Waals surface area contributed by atoms with Crippen molar-refractivity contribution in [2.45, 2.75) is 195 Å². The smallest absolute Gasteiger partial charge is 0.339 e. The van der Waals surface area contributed by atoms with Crippen molar-refractivity contribution >= 4 is 28.9 Å². The molecule has 1 amide bonds. The molecule has 1 fully saturated rings. The van der Waals surface area contributed by atoms with E-state index in [9.17, 15) is 24.8 Å². The minimum atomic E-state index is -0.444. The summed E-state index contributed by atoms with van der Waals surface area (Å²) in [5, 5.41) is 22.1. The van der Waals surface area contributed by atoms with Crippen LogP contribution < -0.4 is 5.32 Å². The molecule has 6 rings (SSSR count). The number of aryl methyl sites for hydroxylation is 1. The van der Waals surface area contributed by atoms with Gasteiger partial charge in [0.25, 0.3) is 5.91 Å². The second-order valence-corrected chi connectivity index (χ2v) is 20.2. The van der Waals surface area contributed by atoms with Crippen LogP contribution in [0.25, 0.3) is 16.7 Å². The normalized spacial score (nSPS) is 13.6. The average Bonchev–Trinajstić information content (AvgIpc) is 3.97. The van der Waals surface area contributed by atoms with E-state index in [2.05, 4.69) is 63.9 Å². The number of nitrogens with one attached hydrogen (secondary N) is 1. The Morgan fingerprint density at radius 1 is 0.676 bits per heavy atom. The van der Waals surface area contributed by atoms with E-state index in [1.807, 2.05) is 51.3 Å². The fourth-order valence-electron chi connectivity index (χ4n) is 9.03. The van der Waals surface area contributed by atoms with Crippen LogP contribution in [-0.2, 0) is 19.0 Å². The summed E-state index contributed by atoms with van der Waals surface area (Å²) >= 11 is 0. The molecule has 2 aromatic heterocycles. The topological polar surface area (TPSA) is 152 Å². The molecule has 74 heavy (non-hydrogen) atoms. The number of aromatic hydroxyl groups is 1. The van der Waals surface area contributed by atoms with E-state index in [4.69, 9.17) is 14.2 Å². The number of benzene rings is 3. The fourth-order valence-corrected chi connectivity index (χ4v) is 9.03. The third-order valence-corrected chi connectivity index (χ3v) is 13.5. The van der Waals surface area contributed by atoms with Gasteiger partial charge in [-0.15, -0.1) is 14.1 Å². The zero-order valence-corrected chi connectivity index (χ0v) is 46.2. The summed E-state index contributed by atoms with van der Waals surface area (Å²) in [6.45, 7) is 17.8. The molecule has 1 aliphatic heterocycles. The number of carbonyl (C=O) groups is 3. The Morgan fingerprint density at radius 2 is 1.14 bits per heavy atom. The number of rotatable bonds is 31. The number of carbonyl (C=O) groups excluding carboxylic acids is 3. The number of fused-ring (bicyclic) bond motifs is 4. The summed E-state index contributed by atoms with van der Waals surface area (Å²) in [5.74, 6) is -0.175. The molecule has 1 aliphatic rings. The van der Waals surface area contributed by atoms with Crippen molar-refractivity contribution in [3.05, 3.63) is 107 Å². The Labute approximate surface area is 443 Å². The predicted molar refractivity (Wildman–Crippen MR) is 298 cm³/mol. The second-order valence-electron chi connectivity index (χ2n) is 20.2. The molecule has 0 radical (unpaired) electrons. The number of nitriles is 1. The number of amides is 1. The van der Waals surface area contributed by atoms with Crippen LogP contribution in [0.4, 0.5) is 0 Å². The maximum atomic E-state index is 12.4. The van der Waals surface area contributed by atoms with Crippen LogP contribution in [0.5, 0.6) is 5.75 Å². The van der Waals surface area contributed by atoms with E-state index in [0.29, 0.717) is 49.1 Å². The Bertz CT molecular complexity index is 2410. The largest absolute Gasteiger partial charge is 0.506 e. The number of hydrogen-bond donors (Lipinski definition) is 2. The van der Waals surface area contributed by atoms with Crippen molar-refractivity contribution in [1.82, 2.24) is 24.3 Å². The lowest BCUT2D eigenvalue weighted by Gasteiger charge is -2.28. The lowest BCUT2D eigenvalue weighted by atomic mass is 10.1. The molecule has 0 atom stereocenters. The van der Waals surface area contributed by atoms with Crippen LogP contribution in [0.1, 0.15) is 209 Å². The zero-order chi connectivity index (χ0) is 53.6. The lowest BCUT2D eigenvalue weighted by Crippen LogP contribution is -2.39. The Morgan fingerprint density at radius 3 is 1.61 bits per heavy atom. The number of esters is 2. The fraction of sp³-hybridized carbons (Fsp3) is 0.574. The van der Waals surface area contributed by atoms with Crippen molar-refractivity contribution < 1.29 is 33.7 Å². The summed E-state index contributed by atoms with van der Waals surface area (Å²) < 4.78 is 20.5. The number of para-hydroxylation sites is 2. The third kappa shape index (κ3) is 19.6. The van der Waals surface area contributed by atoms with Crippen molar-refractivity contribution in [3.63, 3.8) is 0 Å². The van der Waals surface area contributed by atoms with E-state index in [1.165, 1.54) is 114 Å². The molecule has 0 bridgehead atoms. The van der Waals surface area contributed by atoms with Crippen LogP contribution in [0.3, 0.4) is 0 Å². The highest BCUT2D eigenvalue weighted by molar-refractivity contribution is 6.03. The Kier molecular flexibility index (Phi) is 27.4. The molecular weight excluding hydrogens is 929 g/mol. The first-order chi connectivity index (χ1) is 35.9. The van der Waals surface area contributed by atoms with Gasteiger partial charge in [-0.25, -0.2) is 9.59 Å². The van der Waals surface area contributed by atoms with Crippen LogP contribution in [-0.4, -0.2) is 80.4 Å². The minimum Gasteiger partial charge on any atom is -0.506 e. The highest BCUT2D eigenvalue weighted by Crippen LogP contribution is 2.31. The summed E-state index contributed by atoms with van der Waals surface area (Å²) in [5.41, 5.74) is 4.94. The molecule has 1 saturated heterocycles. The van der Waals surface area contributed by atoms with Gasteiger partial charge in [-0.2, -0.15) is 5.26 Å². The molecule has 3 heterocycles. The van der Waals surface area contributed by atoms with Crippen LogP contribution in [0.2, 0.25) is 0 Å². The molecule has 0 spiro atoms. The molecule has 2 N–H and O–H groups in total. The van der Waals surface area contributed by atoms with E-state index < -0.39 is 11.9 Å². The van der Waals surface area contributed by atoms with Gasteiger partial charge in [0.2, 0.25) is 0 Å². The molecule has 0 unspecified atom stereocenters. The van der Waals surface area contributed by atoms with Gasteiger partial charge < -0.3 is 29.5 Å². The SMILES string of the molecule is CCCCCCCCCCCCNC(=O)C(C#N)=CC=C1OCC(C)(C)N1CC.CCCCCCCCOC(=O)c1ccccc1C(=O)OCCCCCCCC.Cc1ccc(O)c(-n2n3c4ccccc4n23)c1. The molecule has 5 aromatic rings.